The molecule has 1 fully saturated rings. The molecule has 0 aliphatic heterocycles. The van der Waals surface area contributed by atoms with Crippen LogP contribution in [0.4, 0.5) is 0 Å². The Hall–Kier alpha value is -0.170. The number of hydrogen-bond acceptors (Lipinski definition) is 4. The molecule has 96 valence electrons. The number of rotatable bonds is 9. The van der Waals surface area contributed by atoms with Gasteiger partial charge in [-0.1, -0.05) is 0 Å². The summed E-state index contributed by atoms with van der Waals surface area (Å²) < 4.78 is 30.8. The van der Waals surface area contributed by atoms with Crippen molar-refractivity contribution in [2.45, 2.75) is 26.2 Å². The third kappa shape index (κ3) is 4.78. The van der Waals surface area contributed by atoms with Gasteiger partial charge >= 0.3 is 0 Å². The first-order chi connectivity index (χ1) is 7.54. The Kier molecular flexibility index (Phi) is 5.17. The summed E-state index contributed by atoms with van der Waals surface area (Å²) in [6.45, 7) is 3.81. The minimum atomic E-state index is -3.18. The van der Waals surface area contributed by atoms with Crippen LogP contribution in [0.25, 0.3) is 0 Å². The van der Waals surface area contributed by atoms with Crippen molar-refractivity contribution >= 4 is 10.0 Å². The van der Waals surface area contributed by atoms with Crippen LogP contribution in [0.1, 0.15) is 26.2 Å². The van der Waals surface area contributed by atoms with Gasteiger partial charge < -0.3 is 10.5 Å². The molecule has 1 aliphatic carbocycles. The summed E-state index contributed by atoms with van der Waals surface area (Å²) in [5.41, 5.74) is 5.64. The monoisotopic (exact) mass is 250 g/mol. The highest BCUT2D eigenvalue weighted by Crippen LogP contribution is 2.47. The van der Waals surface area contributed by atoms with Crippen LogP contribution in [0.5, 0.6) is 0 Å². The molecule has 3 N–H and O–H groups in total. The summed E-state index contributed by atoms with van der Waals surface area (Å²) in [5.74, 6) is 0.0412. The molecule has 5 nitrogen and oxygen atoms in total. The van der Waals surface area contributed by atoms with Crippen LogP contribution in [-0.2, 0) is 14.8 Å². The van der Waals surface area contributed by atoms with Crippen molar-refractivity contribution in [3.05, 3.63) is 0 Å². The van der Waals surface area contributed by atoms with Crippen molar-refractivity contribution in [1.82, 2.24) is 4.72 Å². The summed E-state index contributed by atoms with van der Waals surface area (Å²) >= 11 is 0. The predicted molar refractivity (Wildman–Crippen MR) is 63.6 cm³/mol. The maximum absolute atomic E-state index is 11.6. The van der Waals surface area contributed by atoms with Crippen molar-refractivity contribution in [1.29, 1.82) is 0 Å². The fourth-order valence-corrected chi connectivity index (χ4v) is 2.65. The van der Waals surface area contributed by atoms with Gasteiger partial charge in [-0.2, -0.15) is 0 Å². The number of nitrogens with one attached hydrogen (secondary N) is 1. The molecule has 0 atom stereocenters. The maximum atomic E-state index is 11.6. The second kappa shape index (κ2) is 5.95. The van der Waals surface area contributed by atoms with Gasteiger partial charge in [0.05, 0.1) is 12.4 Å². The van der Waals surface area contributed by atoms with Gasteiger partial charge in [0, 0.05) is 13.2 Å². The highest BCUT2D eigenvalue weighted by atomic mass is 32.2. The van der Waals surface area contributed by atoms with E-state index < -0.39 is 10.0 Å². The van der Waals surface area contributed by atoms with Gasteiger partial charge in [0.1, 0.15) is 0 Å². The van der Waals surface area contributed by atoms with E-state index in [1.165, 1.54) is 0 Å². The highest BCUT2D eigenvalue weighted by Gasteiger charge is 2.42. The van der Waals surface area contributed by atoms with Crippen LogP contribution in [0.3, 0.4) is 0 Å². The standard InChI is InChI=1S/C10H22N2O3S/c1-2-15-7-8-16(13,14)12-9-10(3-4-10)5-6-11/h12H,2-9,11H2,1H3. The molecule has 0 aromatic heterocycles. The van der Waals surface area contributed by atoms with E-state index in [-0.39, 0.29) is 17.8 Å². The van der Waals surface area contributed by atoms with Gasteiger partial charge in [-0.25, -0.2) is 13.1 Å². The van der Waals surface area contributed by atoms with Crippen LogP contribution in [-0.4, -0.2) is 40.5 Å². The maximum Gasteiger partial charge on any atom is 0.213 e. The van der Waals surface area contributed by atoms with Crippen LogP contribution < -0.4 is 10.5 Å². The van der Waals surface area contributed by atoms with Crippen molar-refractivity contribution in [3.8, 4) is 0 Å². The third-order valence-corrected chi connectivity index (χ3v) is 4.29. The van der Waals surface area contributed by atoms with Crippen LogP contribution in [0, 0.1) is 5.41 Å². The van der Waals surface area contributed by atoms with Crippen LogP contribution >= 0.6 is 0 Å². The first-order valence-corrected chi connectivity index (χ1v) is 7.44. The van der Waals surface area contributed by atoms with E-state index in [9.17, 15) is 8.42 Å². The molecule has 0 unspecified atom stereocenters. The molecule has 0 amide bonds. The molecule has 1 saturated carbocycles. The Bertz CT molecular complexity index is 299. The van der Waals surface area contributed by atoms with Gasteiger partial charge in [-0.3, -0.25) is 0 Å². The smallest absolute Gasteiger partial charge is 0.213 e. The second-order valence-electron chi connectivity index (χ2n) is 4.38. The van der Waals surface area contributed by atoms with Crippen molar-refractivity contribution in [3.63, 3.8) is 0 Å². The van der Waals surface area contributed by atoms with E-state index in [1.807, 2.05) is 6.92 Å². The molecule has 0 aromatic carbocycles. The minimum Gasteiger partial charge on any atom is -0.381 e. The van der Waals surface area contributed by atoms with E-state index in [0.717, 1.165) is 19.3 Å². The first-order valence-electron chi connectivity index (χ1n) is 5.79. The number of nitrogens with two attached hydrogens (primary N) is 1. The van der Waals surface area contributed by atoms with Crippen LogP contribution in [0.15, 0.2) is 0 Å². The summed E-state index contributed by atoms with van der Waals surface area (Å²) in [7, 11) is -3.18. The predicted octanol–water partition coefficient (Wildman–Crippen LogP) is 0.0713. The Labute approximate surface area is 97.8 Å². The number of hydrogen-bond donors (Lipinski definition) is 2. The molecule has 1 rings (SSSR count). The van der Waals surface area contributed by atoms with E-state index in [2.05, 4.69) is 4.72 Å². The fourth-order valence-electron chi connectivity index (χ4n) is 1.65. The first kappa shape index (κ1) is 13.9. The SMILES string of the molecule is CCOCCS(=O)(=O)NCC1(CCN)CC1. The minimum absolute atomic E-state index is 0.0412. The number of sulfonamides is 1. The zero-order valence-corrected chi connectivity index (χ0v) is 10.7. The lowest BCUT2D eigenvalue weighted by atomic mass is 10.0. The van der Waals surface area contributed by atoms with Crippen molar-refractivity contribution in [2.24, 2.45) is 11.1 Å². The van der Waals surface area contributed by atoms with Crippen molar-refractivity contribution < 1.29 is 13.2 Å². The van der Waals surface area contributed by atoms with E-state index in [0.29, 0.717) is 19.7 Å². The summed E-state index contributed by atoms with van der Waals surface area (Å²) in [6.07, 6.45) is 3.07. The average molecular weight is 250 g/mol. The van der Waals surface area contributed by atoms with Crippen molar-refractivity contribution in [2.75, 3.05) is 32.1 Å². The lowest BCUT2D eigenvalue weighted by Crippen LogP contribution is -2.34. The number of ether oxygens (including phenoxy) is 1. The van der Waals surface area contributed by atoms with E-state index in [4.69, 9.17) is 10.5 Å². The summed E-state index contributed by atoms with van der Waals surface area (Å²) in [6, 6.07) is 0. The van der Waals surface area contributed by atoms with Gasteiger partial charge in [0.2, 0.25) is 10.0 Å². The molecule has 0 saturated heterocycles. The molecule has 1 aliphatic rings. The molecule has 0 heterocycles. The summed E-state index contributed by atoms with van der Waals surface area (Å²) in [5, 5.41) is 0. The zero-order valence-electron chi connectivity index (χ0n) is 9.87. The quantitative estimate of drug-likeness (QED) is 0.567. The Morgan fingerprint density at radius 3 is 2.62 bits per heavy atom. The van der Waals surface area contributed by atoms with Gasteiger partial charge in [0.15, 0.2) is 0 Å². The molecule has 0 radical (unpaired) electrons. The molecule has 0 bridgehead atoms. The topological polar surface area (TPSA) is 81.4 Å². The largest absolute Gasteiger partial charge is 0.381 e. The fraction of sp³-hybridized carbons (Fsp3) is 1.00. The van der Waals surface area contributed by atoms with E-state index >= 15 is 0 Å². The lowest BCUT2D eigenvalue weighted by molar-refractivity contribution is 0.163. The summed E-state index contributed by atoms with van der Waals surface area (Å²) in [4.78, 5) is 0. The van der Waals surface area contributed by atoms with Gasteiger partial charge in [-0.05, 0) is 38.1 Å². The highest BCUT2D eigenvalue weighted by molar-refractivity contribution is 7.89. The van der Waals surface area contributed by atoms with Gasteiger partial charge in [-0.15, -0.1) is 0 Å². The Morgan fingerprint density at radius 1 is 1.44 bits per heavy atom. The molecular formula is C10H22N2O3S. The normalized spacial score (nSPS) is 18.6. The van der Waals surface area contributed by atoms with Gasteiger partial charge in [0.25, 0.3) is 0 Å². The zero-order chi connectivity index (χ0) is 12.1. The molecular weight excluding hydrogens is 228 g/mol. The Morgan fingerprint density at radius 2 is 2.12 bits per heavy atom. The van der Waals surface area contributed by atoms with Crippen LogP contribution in [0.2, 0.25) is 0 Å². The molecule has 6 heteroatoms. The molecule has 16 heavy (non-hydrogen) atoms. The van der Waals surface area contributed by atoms with E-state index in [1.54, 1.807) is 0 Å². The molecule has 0 aromatic rings. The Balaban J connectivity index is 2.25. The lowest BCUT2D eigenvalue weighted by Gasteiger charge is -2.14. The average Bonchev–Trinajstić information content (AvgIpc) is 2.97. The third-order valence-electron chi connectivity index (χ3n) is 3.00. The molecule has 0 spiro atoms. The second-order valence-corrected chi connectivity index (χ2v) is 6.30.